The van der Waals surface area contributed by atoms with Gasteiger partial charge in [0.1, 0.15) is 0 Å². The Morgan fingerprint density at radius 2 is 2.54 bits per heavy atom. The molecule has 0 aromatic rings. The SMILES string of the molecule is CNC1CSCCN(CCO)C1=O. The molecule has 1 saturated heterocycles. The van der Waals surface area contributed by atoms with E-state index in [2.05, 4.69) is 5.32 Å². The lowest BCUT2D eigenvalue weighted by Gasteiger charge is -2.22. The molecule has 0 aromatic carbocycles. The van der Waals surface area contributed by atoms with Gasteiger partial charge in [-0.15, -0.1) is 0 Å². The molecule has 1 unspecified atom stereocenters. The Labute approximate surface area is 82.7 Å². The van der Waals surface area contributed by atoms with E-state index in [1.165, 1.54) is 0 Å². The average Bonchev–Trinajstić information content (AvgIpc) is 2.30. The van der Waals surface area contributed by atoms with Gasteiger partial charge in [0.2, 0.25) is 5.91 Å². The summed E-state index contributed by atoms with van der Waals surface area (Å²) in [6, 6.07) is -0.0842. The summed E-state index contributed by atoms with van der Waals surface area (Å²) in [4.78, 5) is 13.4. The molecule has 1 aliphatic rings. The van der Waals surface area contributed by atoms with Gasteiger partial charge in [-0.2, -0.15) is 11.8 Å². The number of hydrogen-bond donors (Lipinski definition) is 2. The molecule has 4 nitrogen and oxygen atoms in total. The van der Waals surface area contributed by atoms with Gasteiger partial charge in [-0.1, -0.05) is 0 Å². The average molecular weight is 204 g/mol. The zero-order valence-corrected chi connectivity index (χ0v) is 8.64. The molecule has 1 rings (SSSR count). The van der Waals surface area contributed by atoms with Crippen LogP contribution in [0.2, 0.25) is 0 Å². The highest BCUT2D eigenvalue weighted by Gasteiger charge is 2.25. The summed E-state index contributed by atoms with van der Waals surface area (Å²) >= 11 is 1.78. The molecule has 0 aliphatic carbocycles. The number of rotatable bonds is 3. The molecular weight excluding hydrogens is 188 g/mol. The van der Waals surface area contributed by atoms with Gasteiger partial charge in [-0.25, -0.2) is 0 Å². The first kappa shape index (κ1) is 10.8. The third kappa shape index (κ3) is 2.86. The van der Waals surface area contributed by atoms with Crippen LogP contribution in [-0.4, -0.2) is 60.2 Å². The van der Waals surface area contributed by atoms with E-state index in [0.717, 1.165) is 18.1 Å². The highest BCUT2D eigenvalue weighted by atomic mass is 32.2. The third-order valence-electron chi connectivity index (χ3n) is 2.12. The lowest BCUT2D eigenvalue weighted by Crippen LogP contribution is -2.46. The van der Waals surface area contributed by atoms with Gasteiger partial charge in [0.05, 0.1) is 12.6 Å². The third-order valence-corrected chi connectivity index (χ3v) is 3.16. The first-order valence-corrected chi connectivity index (χ1v) is 5.59. The quantitative estimate of drug-likeness (QED) is 0.628. The highest BCUT2D eigenvalue weighted by molar-refractivity contribution is 7.99. The van der Waals surface area contributed by atoms with E-state index >= 15 is 0 Å². The van der Waals surface area contributed by atoms with Crippen molar-refractivity contribution < 1.29 is 9.90 Å². The molecule has 1 aliphatic heterocycles. The summed E-state index contributed by atoms with van der Waals surface area (Å²) in [5.74, 6) is 1.91. The topological polar surface area (TPSA) is 52.6 Å². The van der Waals surface area contributed by atoms with Crippen molar-refractivity contribution in [2.45, 2.75) is 6.04 Å². The van der Waals surface area contributed by atoms with Crippen LogP contribution in [0.15, 0.2) is 0 Å². The summed E-state index contributed by atoms with van der Waals surface area (Å²) in [7, 11) is 1.80. The summed E-state index contributed by atoms with van der Waals surface area (Å²) in [5, 5.41) is 11.8. The van der Waals surface area contributed by atoms with Crippen molar-refractivity contribution in [2.75, 3.05) is 38.2 Å². The molecule has 1 amide bonds. The number of nitrogens with one attached hydrogen (secondary N) is 1. The Balaban J connectivity index is 2.56. The molecule has 2 N–H and O–H groups in total. The number of carbonyl (C=O) groups is 1. The van der Waals surface area contributed by atoms with Crippen LogP contribution in [0.25, 0.3) is 0 Å². The number of amides is 1. The number of aliphatic hydroxyl groups is 1. The predicted octanol–water partition coefficient (Wildman–Crippen LogP) is -0.858. The number of carbonyl (C=O) groups excluding carboxylic acids is 1. The van der Waals surface area contributed by atoms with Crippen LogP contribution in [0.5, 0.6) is 0 Å². The van der Waals surface area contributed by atoms with Crippen molar-refractivity contribution in [3.63, 3.8) is 0 Å². The fourth-order valence-corrected chi connectivity index (χ4v) is 2.39. The molecule has 0 aromatic heterocycles. The maximum Gasteiger partial charge on any atom is 0.240 e. The zero-order chi connectivity index (χ0) is 9.68. The maximum atomic E-state index is 11.7. The zero-order valence-electron chi connectivity index (χ0n) is 7.82. The fraction of sp³-hybridized carbons (Fsp3) is 0.875. The Hall–Kier alpha value is -0.260. The second-order valence-corrected chi connectivity index (χ2v) is 4.11. The molecule has 13 heavy (non-hydrogen) atoms. The van der Waals surface area contributed by atoms with Crippen molar-refractivity contribution in [3.05, 3.63) is 0 Å². The molecular formula is C8H16N2O2S. The fourth-order valence-electron chi connectivity index (χ4n) is 1.33. The minimum atomic E-state index is -0.0842. The summed E-state index contributed by atoms with van der Waals surface area (Å²) < 4.78 is 0. The van der Waals surface area contributed by atoms with Gasteiger partial charge < -0.3 is 15.3 Å². The summed E-state index contributed by atoms with van der Waals surface area (Å²) in [5.41, 5.74) is 0. The summed E-state index contributed by atoms with van der Waals surface area (Å²) in [6.45, 7) is 1.26. The van der Waals surface area contributed by atoms with E-state index < -0.39 is 0 Å². The molecule has 0 bridgehead atoms. The molecule has 76 valence electrons. The van der Waals surface area contributed by atoms with Gasteiger partial charge in [0.25, 0.3) is 0 Å². The van der Waals surface area contributed by atoms with E-state index in [4.69, 9.17) is 5.11 Å². The Bertz CT molecular complexity index is 178. The Kier molecular flexibility index (Phi) is 4.55. The normalized spacial score (nSPS) is 24.6. The minimum Gasteiger partial charge on any atom is -0.395 e. The lowest BCUT2D eigenvalue weighted by molar-refractivity contribution is -0.132. The molecule has 1 fully saturated rings. The van der Waals surface area contributed by atoms with Crippen LogP contribution in [0, 0.1) is 0 Å². The van der Waals surface area contributed by atoms with Crippen molar-refractivity contribution in [3.8, 4) is 0 Å². The Morgan fingerprint density at radius 3 is 3.15 bits per heavy atom. The highest BCUT2D eigenvalue weighted by Crippen LogP contribution is 2.11. The van der Waals surface area contributed by atoms with Gasteiger partial charge in [0.15, 0.2) is 0 Å². The van der Waals surface area contributed by atoms with Gasteiger partial charge >= 0.3 is 0 Å². The smallest absolute Gasteiger partial charge is 0.240 e. The number of thioether (sulfide) groups is 1. The van der Waals surface area contributed by atoms with Crippen LogP contribution < -0.4 is 5.32 Å². The number of likely N-dealkylation sites (N-methyl/N-ethyl adjacent to an activating group) is 1. The van der Waals surface area contributed by atoms with Crippen LogP contribution in [0.3, 0.4) is 0 Å². The van der Waals surface area contributed by atoms with Crippen molar-refractivity contribution in [2.24, 2.45) is 0 Å². The van der Waals surface area contributed by atoms with E-state index in [9.17, 15) is 4.79 Å². The van der Waals surface area contributed by atoms with Gasteiger partial charge in [0, 0.05) is 24.6 Å². The number of aliphatic hydroxyl groups excluding tert-OH is 1. The van der Waals surface area contributed by atoms with Gasteiger partial charge in [-0.05, 0) is 7.05 Å². The van der Waals surface area contributed by atoms with Crippen LogP contribution in [-0.2, 0) is 4.79 Å². The van der Waals surface area contributed by atoms with Crippen molar-refractivity contribution in [1.82, 2.24) is 10.2 Å². The molecule has 0 saturated carbocycles. The number of hydrogen-bond acceptors (Lipinski definition) is 4. The molecule has 5 heteroatoms. The first-order chi connectivity index (χ1) is 6.29. The maximum absolute atomic E-state index is 11.7. The lowest BCUT2D eigenvalue weighted by atomic mass is 10.3. The molecule has 0 spiro atoms. The Morgan fingerprint density at radius 1 is 1.77 bits per heavy atom. The minimum absolute atomic E-state index is 0.0485. The van der Waals surface area contributed by atoms with E-state index in [0.29, 0.717) is 6.54 Å². The largest absolute Gasteiger partial charge is 0.395 e. The molecule has 0 radical (unpaired) electrons. The van der Waals surface area contributed by atoms with Crippen molar-refractivity contribution in [1.29, 1.82) is 0 Å². The predicted molar refractivity (Wildman–Crippen MR) is 53.8 cm³/mol. The monoisotopic (exact) mass is 204 g/mol. The first-order valence-electron chi connectivity index (χ1n) is 4.44. The molecule has 1 heterocycles. The number of nitrogens with zero attached hydrogens (tertiary/aromatic N) is 1. The van der Waals surface area contributed by atoms with E-state index in [1.54, 1.807) is 23.7 Å². The van der Waals surface area contributed by atoms with Gasteiger partial charge in [-0.3, -0.25) is 4.79 Å². The van der Waals surface area contributed by atoms with Crippen LogP contribution in [0.4, 0.5) is 0 Å². The van der Waals surface area contributed by atoms with Crippen molar-refractivity contribution >= 4 is 17.7 Å². The summed E-state index contributed by atoms with van der Waals surface area (Å²) in [6.07, 6.45) is 0. The van der Waals surface area contributed by atoms with E-state index in [1.807, 2.05) is 0 Å². The van der Waals surface area contributed by atoms with Crippen LogP contribution >= 0.6 is 11.8 Å². The standard InChI is InChI=1S/C8H16N2O2S/c1-9-7-6-13-5-3-10(2-4-11)8(7)12/h7,9,11H,2-6H2,1H3. The second kappa shape index (κ2) is 5.47. The second-order valence-electron chi connectivity index (χ2n) is 2.97. The van der Waals surface area contributed by atoms with Crippen LogP contribution in [0.1, 0.15) is 0 Å². The number of β-amino-alcohol motifs (C(OH)–C–C–N with tert-alkyl or cyclic N) is 1. The van der Waals surface area contributed by atoms with E-state index in [-0.39, 0.29) is 18.6 Å². The molecule has 1 atom stereocenters.